The fourth-order valence-corrected chi connectivity index (χ4v) is 3.90. The molecular formula is C19H25N3O2S. The Morgan fingerprint density at radius 1 is 1.24 bits per heavy atom. The van der Waals surface area contributed by atoms with Crippen molar-refractivity contribution in [1.82, 2.24) is 14.9 Å². The highest BCUT2D eigenvalue weighted by molar-refractivity contribution is 7.07. The van der Waals surface area contributed by atoms with E-state index in [4.69, 9.17) is 4.74 Å². The van der Waals surface area contributed by atoms with Crippen molar-refractivity contribution < 1.29 is 9.53 Å². The zero-order valence-electron chi connectivity index (χ0n) is 15.0. The Labute approximate surface area is 153 Å². The van der Waals surface area contributed by atoms with E-state index in [1.165, 1.54) is 0 Å². The molecule has 1 amide bonds. The van der Waals surface area contributed by atoms with E-state index >= 15 is 0 Å². The quantitative estimate of drug-likeness (QED) is 0.819. The zero-order valence-corrected chi connectivity index (χ0v) is 15.8. The van der Waals surface area contributed by atoms with Crippen LogP contribution >= 0.6 is 11.3 Å². The van der Waals surface area contributed by atoms with Gasteiger partial charge in [-0.15, -0.1) is 11.3 Å². The van der Waals surface area contributed by atoms with Gasteiger partial charge in [0.15, 0.2) is 0 Å². The van der Waals surface area contributed by atoms with Crippen molar-refractivity contribution in [1.29, 1.82) is 0 Å². The number of amides is 1. The highest BCUT2D eigenvalue weighted by atomic mass is 32.1. The molecule has 25 heavy (non-hydrogen) atoms. The lowest BCUT2D eigenvalue weighted by molar-refractivity contribution is 0.0178. The van der Waals surface area contributed by atoms with Gasteiger partial charge >= 0.3 is 6.09 Å². The Bertz CT molecular complexity index is 674. The average molecular weight is 359 g/mol. The van der Waals surface area contributed by atoms with Crippen LogP contribution in [0.4, 0.5) is 4.79 Å². The van der Waals surface area contributed by atoms with Gasteiger partial charge in [-0.3, -0.25) is 4.98 Å². The van der Waals surface area contributed by atoms with Crippen LogP contribution in [0.1, 0.15) is 50.9 Å². The van der Waals surface area contributed by atoms with Crippen molar-refractivity contribution in [2.45, 2.75) is 45.1 Å². The van der Waals surface area contributed by atoms with Crippen LogP contribution in [-0.4, -0.2) is 39.7 Å². The summed E-state index contributed by atoms with van der Waals surface area (Å²) in [6.45, 7) is 7.13. The van der Waals surface area contributed by atoms with Gasteiger partial charge in [0.2, 0.25) is 0 Å². The number of hydrogen-bond acceptors (Lipinski definition) is 5. The largest absolute Gasteiger partial charge is 0.444 e. The van der Waals surface area contributed by atoms with Gasteiger partial charge in [0, 0.05) is 36.3 Å². The van der Waals surface area contributed by atoms with Gasteiger partial charge in [-0.25, -0.2) is 9.78 Å². The van der Waals surface area contributed by atoms with E-state index in [9.17, 15) is 4.79 Å². The summed E-state index contributed by atoms with van der Waals surface area (Å²) < 4.78 is 5.49. The van der Waals surface area contributed by atoms with Gasteiger partial charge in [-0.1, -0.05) is 6.07 Å². The monoisotopic (exact) mass is 359 g/mol. The summed E-state index contributed by atoms with van der Waals surface area (Å²) >= 11 is 1.61. The topological polar surface area (TPSA) is 55.3 Å². The Hall–Kier alpha value is -1.95. The van der Waals surface area contributed by atoms with Crippen molar-refractivity contribution in [3.63, 3.8) is 0 Å². The predicted octanol–water partition coefficient (Wildman–Crippen LogP) is 4.32. The number of likely N-dealkylation sites (tertiary alicyclic amines) is 1. The summed E-state index contributed by atoms with van der Waals surface area (Å²) in [7, 11) is 0. The van der Waals surface area contributed by atoms with Crippen LogP contribution in [0.2, 0.25) is 0 Å². The fraction of sp³-hybridized carbons (Fsp3) is 0.526. The fourth-order valence-electron chi connectivity index (χ4n) is 3.31. The van der Waals surface area contributed by atoms with Crippen LogP contribution < -0.4 is 0 Å². The zero-order chi connectivity index (χ0) is 17.9. The molecule has 0 bridgehead atoms. The first kappa shape index (κ1) is 17.9. The number of hydrogen-bond donors (Lipinski definition) is 0. The molecule has 1 fully saturated rings. The van der Waals surface area contributed by atoms with Crippen molar-refractivity contribution in [3.05, 3.63) is 46.7 Å². The molecule has 6 heteroatoms. The first-order chi connectivity index (χ1) is 11.9. The normalized spacial score (nSPS) is 17.3. The molecule has 0 spiro atoms. The molecule has 0 aromatic carbocycles. The molecule has 2 aromatic rings. The molecule has 1 aliphatic rings. The third-order valence-electron chi connectivity index (χ3n) is 4.44. The van der Waals surface area contributed by atoms with Crippen molar-refractivity contribution >= 4 is 17.4 Å². The second-order valence-corrected chi connectivity index (χ2v) is 8.17. The number of ether oxygens (including phenoxy) is 1. The molecule has 134 valence electrons. The summed E-state index contributed by atoms with van der Waals surface area (Å²) in [4.78, 5) is 23.2. The van der Waals surface area contributed by atoms with E-state index in [0.29, 0.717) is 19.0 Å². The first-order valence-corrected chi connectivity index (χ1v) is 9.65. The van der Waals surface area contributed by atoms with Crippen LogP contribution in [0.15, 0.2) is 35.3 Å². The Morgan fingerprint density at radius 3 is 2.56 bits per heavy atom. The Morgan fingerprint density at radius 2 is 2.00 bits per heavy atom. The lowest BCUT2D eigenvalue weighted by atomic mass is 9.80. The molecule has 1 aliphatic heterocycles. The highest BCUT2D eigenvalue weighted by Crippen LogP contribution is 2.37. The maximum absolute atomic E-state index is 12.3. The molecule has 0 saturated carbocycles. The summed E-state index contributed by atoms with van der Waals surface area (Å²) in [5.74, 6) is 0.615. The standard InChI is InChI=1S/C19H25N3O2S/c1-19(2,3)24-18(23)22-10-7-14(8-11-22)17(16-12-25-13-21-16)15-6-4-5-9-20-15/h4-6,9,12-14,17H,7-8,10-11H2,1-3H3. The molecule has 3 rings (SSSR count). The predicted molar refractivity (Wildman–Crippen MR) is 98.7 cm³/mol. The molecule has 0 N–H and O–H groups in total. The summed E-state index contributed by atoms with van der Waals surface area (Å²) in [6, 6.07) is 6.04. The number of nitrogens with zero attached hydrogens (tertiary/aromatic N) is 3. The average Bonchev–Trinajstić information content (AvgIpc) is 3.09. The Kier molecular flexibility index (Phi) is 5.37. The molecule has 5 nitrogen and oxygen atoms in total. The number of carbonyl (C=O) groups is 1. The number of thiazole rings is 1. The van der Waals surface area contributed by atoms with E-state index < -0.39 is 5.60 Å². The second-order valence-electron chi connectivity index (χ2n) is 7.45. The SMILES string of the molecule is CC(C)(C)OC(=O)N1CCC(C(c2ccccn2)c2cscn2)CC1. The van der Waals surface area contributed by atoms with Crippen molar-refractivity contribution in [2.75, 3.05) is 13.1 Å². The third-order valence-corrected chi connectivity index (χ3v) is 5.04. The van der Waals surface area contributed by atoms with Gasteiger partial charge < -0.3 is 9.64 Å². The number of aromatic nitrogens is 2. The minimum absolute atomic E-state index is 0.188. The van der Waals surface area contributed by atoms with E-state index in [1.54, 1.807) is 11.3 Å². The number of piperidine rings is 1. The third kappa shape index (κ3) is 4.57. The lowest BCUT2D eigenvalue weighted by Gasteiger charge is -2.36. The van der Waals surface area contributed by atoms with Gasteiger partial charge in [0.05, 0.1) is 11.2 Å². The smallest absolute Gasteiger partial charge is 0.410 e. The Balaban J connectivity index is 1.70. The maximum Gasteiger partial charge on any atom is 0.410 e. The molecule has 1 unspecified atom stereocenters. The van der Waals surface area contributed by atoms with E-state index in [0.717, 1.165) is 24.2 Å². The van der Waals surface area contributed by atoms with Gasteiger partial charge in [0.1, 0.15) is 5.60 Å². The minimum Gasteiger partial charge on any atom is -0.444 e. The lowest BCUT2D eigenvalue weighted by Crippen LogP contribution is -2.42. The molecular weight excluding hydrogens is 334 g/mol. The molecule has 3 heterocycles. The van der Waals surface area contributed by atoms with Crippen LogP contribution in [-0.2, 0) is 4.74 Å². The number of rotatable bonds is 3. The van der Waals surface area contributed by atoms with Gasteiger partial charge in [0.25, 0.3) is 0 Å². The summed E-state index contributed by atoms with van der Waals surface area (Å²) in [5, 5.41) is 2.11. The molecule has 1 saturated heterocycles. The maximum atomic E-state index is 12.3. The van der Waals surface area contributed by atoms with E-state index in [2.05, 4.69) is 21.4 Å². The van der Waals surface area contributed by atoms with Crippen LogP contribution in [0.25, 0.3) is 0 Å². The molecule has 2 aromatic heterocycles. The second kappa shape index (κ2) is 7.52. The molecule has 0 radical (unpaired) electrons. The summed E-state index contributed by atoms with van der Waals surface area (Å²) in [5.41, 5.74) is 3.56. The number of carbonyl (C=O) groups excluding carboxylic acids is 1. The highest BCUT2D eigenvalue weighted by Gasteiger charge is 2.33. The molecule has 0 aliphatic carbocycles. The number of pyridine rings is 1. The van der Waals surface area contributed by atoms with Crippen molar-refractivity contribution in [3.8, 4) is 0 Å². The summed E-state index contributed by atoms with van der Waals surface area (Å²) in [6.07, 6.45) is 3.48. The van der Waals surface area contributed by atoms with E-state index in [-0.39, 0.29) is 12.0 Å². The first-order valence-electron chi connectivity index (χ1n) is 8.71. The van der Waals surface area contributed by atoms with Gasteiger partial charge in [-0.05, 0) is 51.7 Å². The minimum atomic E-state index is -0.453. The van der Waals surface area contributed by atoms with Crippen LogP contribution in [0.3, 0.4) is 0 Å². The van der Waals surface area contributed by atoms with E-state index in [1.807, 2.05) is 49.5 Å². The van der Waals surface area contributed by atoms with Crippen LogP contribution in [0, 0.1) is 5.92 Å². The molecule has 1 atom stereocenters. The van der Waals surface area contributed by atoms with Crippen LogP contribution in [0.5, 0.6) is 0 Å². The van der Waals surface area contributed by atoms with Gasteiger partial charge in [-0.2, -0.15) is 0 Å². The van der Waals surface area contributed by atoms with Crippen molar-refractivity contribution in [2.24, 2.45) is 5.92 Å².